The number of hydrogen-bond donors (Lipinski definition) is 3. The van der Waals surface area contributed by atoms with Crippen LogP contribution in [0, 0.1) is 0 Å². The number of halogens is 3. The van der Waals surface area contributed by atoms with Gasteiger partial charge in [0.1, 0.15) is 6.04 Å². The van der Waals surface area contributed by atoms with Gasteiger partial charge in [-0.25, -0.2) is 0 Å². The number of hydrogen-bond acceptors (Lipinski definition) is 3. The Morgan fingerprint density at radius 3 is 2.07 bits per heavy atom. The first-order valence-corrected chi connectivity index (χ1v) is 3.89. The van der Waals surface area contributed by atoms with Gasteiger partial charge in [-0.2, -0.15) is 13.2 Å². The van der Waals surface area contributed by atoms with Crippen LogP contribution in [0.2, 0.25) is 0 Å². The number of carbonyl (C=O) groups excluding carboxylic acids is 1. The number of carbonyl (C=O) groups is 2. The summed E-state index contributed by atoms with van der Waals surface area (Å²) < 4.78 is 36.6. The number of amides is 1. The summed E-state index contributed by atoms with van der Waals surface area (Å²) in [5, 5.41) is 10.0. The number of carboxylic acids is 1. The average Bonchev–Trinajstić information content (AvgIpc) is 2.01. The summed E-state index contributed by atoms with van der Waals surface area (Å²) in [4.78, 5) is 21.3. The quantitative estimate of drug-likeness (QED) is 0.626. The average molecular weight is 228 g/mol. The van der Waals surface area contributed by atoms with Crippen LogP contribution in [0.25, 0.3) is 0 Å². The van der Waals surface area contributed by atoms with Gasteiger partial charge in [-0.15, -0.1) is 0 Å². The lowest BCUT2D eigenvalue weighted by molar-refractivity contribution is -0.188. The highest BCUT2D eigenvalue weighted by Crippen LogP contribution is 2.27. The minimum absolute atomic E-state index is 0.469. The zero-order valence-electron chi connectivity index (χ0n) is 8.05. The molecule has 0 aliphatic rings. The van der Waals surface area contributed by atoms with E-state index in [0.717, 1.165) is 6.92 Å². The van der Waals surface area contributed by atoms with Crippen molar-refractivity contribution in [3.8, 4) is 0 Å². The zero-order valence-corrected chi connectivity index (χ0v) is 8.05. The fourth-order valence-corrected chi connectivity index (χ4v) is 0.537. The highest BCUT2D eigenvalue weighted by atomic mass is 19.4. The summed E-state index contributed by atoms with van der Waals surface area (Å²) in [5.74, 6) is -3.02. The highest BCUT2D eigenvalue weighted by molar-refractivity contribution is 5.90. The van der Waals surface area contributed by atoms with Crippen molar-refractivity contribution in [2.75, 3.05) is 0 Å². The molecular formula is C7H11F3N2O3. The summed E-state index contributed by atoms with van der Waals surface area (Å²) in [7, 11) is 0. The molecule has 0 rings (SSSR count). The van der Waals surface area contributed by atoms with Crippen LogP contribution in [0.3, 0.4) is 0 Å². The van der Waals surface area contributed by atoms with Crippen molar-refractivity contribution >= 4 is 11.9 Å². The number of nitrogens with one attached hydrogen (secondary N) is 1. The molecule has 0 heterocycles. The molecule has 0 aliphatic heterocycles. The van der Waals surface area contributed by atoms with Crippen LogP contribution in [0.15, 0.2) is 0 Å². The molecule has 0 aromatic rings. The van der Waals surface area contributed by atoms with Gasteiger partial charge in [-0.1, -0.05) is 0 Å². The van der Waals surface area contributed by atoms with E-state index in [1.807, 2.05) is 0 Å². The Morgan fingerprint density at radius 2 is 1.80 bits per heavy atom. The Kier molecular flexibility index (Phi) is 3.70. The predicted molar refractivity (Wildman–Crippen MR) is 43.9 cm³/mol. The SMILES string of the molecule is CC(NC(=O)C(C)(N)C(F)(F)F)C(=O)O. The van der Waals surface area contributed by atoms with E-state index in [-0.39, 0.29) is 0 Å². The molecule has 0 saturated heterocycles. The summed E-state index contributed by atoms with van der Waals surface area (Å²) in [6.07, 6.45) is -4.94. The highest BCUT2D eigenvalue weighted by Gasteiger charge is 2.54. The summed E-state index contributed by atoms with van der Waals surface area (Å²) in [6, 6.07) is -1.43. The van der Waals surface area contributed by atoms with Crippen LogP contribution in [-0.2, 0) is 9.59 Å². The van der Waals surface area contributed by atoms with Gasteiger partial charge in [0.15, 0.2) is 5.54 Å². The third-order valence-electron chi connectivity index (χ3n) is 1.78. The Hall–Kier alpha value is -1.31. The molecule has 2 atom stereocenters. The number of alkyl halides is 3. The molecule has 5 nitrogen and oxygen atoms in total. The minimum Gasteiger partial charge on any atom is -0.480 e. The molecule has 1 amide bonds. The zero-order chi connectivity index (χ0) is 12.4. The third-order valence-corrected chi connectivity index (χ3v) is 1.78. The van der Waals surface area contributed by atoms with Crippen molar-refractivity contribution in [3.63, 3.8) is 0 Å². The van der Waals surface area contributed by atoms with E-state index in [1.165, 1.54) is 0 Å². The van der Waals surface area contributed by atoms with E-state index in [2.05, 4.69) is 0 Å². The lowest BCUT2D eigenvalue weighted by atomic mass is 10.0. The monoisotopic (exact) mass is 228 g/mol. The topological polar surface area (TPSA) is 92.4 Å². The Balaban J connectivity index is 4.66. The molecule has 0 fully saturated rings. The Labute approximate surface area is 83.4 Å². The maximum atomic E-state index is 12.2. The van der Waals surface area contributed by atoms with E-state index in [0.29, 0.717) is 6.92 Å². The smallest absolute Gasteiger partial charge is 0.415 e. The minimum atomic E-state index is -4.94. The number of aliphatic carboxylic acids is 1. The first-order valence-electron chi connectivity index (χ1n) is 3.89. The Bertz CT molecular complexity index is 275. The van der Waals surface area contributed by atoms with Crippen LogP contribution in [0.4, 0.5) is 13.2 Å². The number of nitrogens with two attached hydrogens (primary N) is 1. The van der Waals surface area contributed by atoms with Gasteiger partial charge in [0.2, 0.25) is 5.91 Å². The Morgan fingerprint density at radius 1 is 1.40 bits per heavy atom. The van der Waals surface area contributed by atoms with Gasteiger partial charge in [-0.3, -0.25) is 9.59 Å². The van der Waals surface area contributed by atoms with E-state index in [9.17, 15) is 22.8 Å². The second-order valence-corrected chi connectivity index (χ2v) is 3.23. The van der Waals surface area contributed by atoms with Crippen LogP contribution >= 0.6 is 0 Å². The first kappa shape index (κ1) is 13.7. The molecule has 88 valence electrons. The molecule has 4 N–H and O–H groups in total. The molecule has 2 unspecified atom stereocenters. The summed E-state index contributed by atoms with van der Waals surface area (Å²) in [6.45, 7) is 1.50. The van der Waals surface area contributed by atoms with Crippen molar-refractivity contribution in [2.45, 2.75) is 31.6 Å². The van der Waals surface area contributed by atoms with E-state index in [4.69, 9.17) is 10.8 Å². The van der Waals surface area contributed by atoms with Crippen molar-refractivity contribution in [2.24, 2.45) is 5.73 Å². The van der Waals surface area contributed by atoms with Crippen molar-refractivity contribution < 1.29 is 27.9 Å². The molecule has 0 radical (unpaired) electrons. The third kappa shape index (κ3) is 3.08. The van der Waals surface area contributed by atoms with Gasteiger partial charge >= 0.3 is 12.1 Å². The molecule has 0 aromatic heterocycles. The molecule has 0 bridgehead atoms. The fourth-order valence-electron chi connectivity index (χ4n) is 0.537. The lowest BCUT2D eigenvalue weighted by Crippen LogP contribution is -2.63. The normalized spacial score (nSPS) is 17.7. The second-order valence-electron chi connectivity index (χ2n) is 3.23. The maximum absolute atomic E-state index is 12.2. The summed E-state index contributed by atoms with van der Waals surface area (Å²) in [5.41, 5.74) is 1.66. The van der Waals surface area contributed by atoms with Crippen LogP contribution in [0.1, 0.15) is 13.8 Å². The number of carboxylic acid groups (broad SMARTS) is 1. The van der Waals surface area contributed by atoms with Gasteiger partial charge < -0.3 is 16.2 Å². The largest absolute Gasteiger partial charge is 0.480 e. The van der Waals surface area contributed by atoms with Gasteiger partial charge in [0.25, 0.3) is 0 Å². The molecule has 8 heteroatoms. The van der Waals surface area contributed by atoms with Crippen LogP contribution in [-0.4, -0.2) is 34.7 Å². The van der Waals surface area contributed by atoms with E-state index < -0.39 is 29.6 Å². The van der Waals surface area contributed by atoms with Crippen molar-refractivity contribution in [1.29, 1.82) is 0 Å². The van der Waals surface area contributed by atoms with E-state index in [1.54, 1.807) is 5.32 Å². The molecule has 0 saturated carbocycles. The van der Waals surface area contributed by atoms with Gasteiger partial charge in [-0.05, 0) is 13.8 Å². The van der Waals surface area contributed by atoms with E-state index >= 15 is 0 Å². The lowest BCUT2D eigenvalue weighted by Gasteiger charge is -2.27. The number of rotatable bonds is 3. The van der Waals surface area contributed by atoms with Crippen molar-refractivity contribution in [1.82, 2.24) is 5.32 Å². The standard InChI is InChI=1S/C7H11F3N2O3/c1-3(4(13)14)12-5(15)6(2,11)7(8,9)10/h3H,11H2,1-2H3,(H,12,15)(H,13,14). The summed E-state index contributed by atoms with van der Waals surface area (Å²) >= 11 is 0. The van der Waals surface area contributed by atoms with Crippen molar-refractivity contribution in [3.05, 3.63) is 0 Å². The molecule has 0 aliphatic carbocycles. The molecule has 15 heavy (non-hydrogen) atoms. The van der Waals surface area contributed by atoms with Crippen LogP contribution < -0.4 is 11.1 Å². The van der Waals surface area contributed by atoms with Gasteiger partial charge in [0, 0.05) is 0 Å². The maximum Gasteiger partial charge on any atom is 0.415 e. The predicted octanol–water partition coefficient (Wildman–Crippen LogP) is -0.145. The molecule has 0 aromatic carbocycles. The van der Waals surface area contributed by atoms with Gasteiger partial charge in [0.05, 0.1) is 0 Å². The molecule has 0 spiro atoms. The van der Waals surface area contributed by atoms with Crippen LogP contribution in [0.5, 0.6) is 0 Å². The molecular weight excluding hydrogens is 217 g/mol. The fraction of sp³-hybridized carbons (Fsp3) is 0.714. The first-order chi connectivity index (χ1) is 6.50. The second kappa shape index (κ2) is 4.05.